The summed E-state index contributed by atoms with van der Waals surface area (Å²) < 4.78 is 23.6. The topological polar surface area (TPSA) is 34.1 Å². The van der Waals surface area contributed by atoms with Crippen molar-refractivity contribution in [3.8, 4) is 0 Å². The number of halogens is 2. The average molecular weight is 356 g/mol. The molecule has 2 fully saturated rings. The second-order valence-electron chi connectivity index (χ2n) is 5.12. The van der Waals surface area contributed by atoms with Gasteiger partial charge in [0.25, 0.3) is 0 Å². The van der Waals surface area contributed by atoms with E-state index < -0.39 is 9.84 Å². The van der Waals surface area contributed by atoms with Crippen molar-refractivity contribution in [2.24, 2.45) is 10.8 Å². The molecular weight excluding hydrogens is 344 g/mol. The number of allylic oxidation sites excluding steroid dienone is 2. The third kappa shape index (κ3) is 1.29. The van der Waals surface area contributed by atoms with Crippen molar-refractivity contribution in [1.29, 1.82) is 0 Å². The number of alkyl halides is 2. The first kappa shape index (κ1) is 10.8. The maximum Gasteiger partial charge on any atom is 0.152 e. The highest BCUT2D eigenvalue weighted by molar-refractivity contribution is 9.12. The highest BCUT2D eigenvalue weighted by Gasteiger charge is 2.65. The first-order valence-corrected chi connectivity index (χ1v) is 8.72. The van der Waals surface area contributed by atoms with E-state index in [1.165, 1.54) is 0 Å². The van der Waals surface area contributed by atoms with Gasteiger partial charge in [-0.1, -0.05) is 44.0 Å². The van der Waals surface area contributed by atoms with E-state index in [4.69, 9.17) is 0 Å². The minimum atomic E-state index is -2.83. The molecule has 0 aromatic heterocycles. The van der Waals surface area contributed by atoms with Crippen LogP contribution in [-0.4, -0.2) is 29.6 Å². The predicted molar refractivity (Wildman–Crippen MR) is 67.3 cm³/mol. The van der Waals surface area contributed by atoms with Crippen LogP contribution in [0.1, 0.15) is 12.8 Å². The van der Waals surface area contributed by atoms with Gasteiger partial charge in [-0.3, -0.25) is 0 Å². The quantitative estimate of drug-likeness (QED) is 0.493. The molecule has 3 rings (SSSR count). The predicted octanol–water partition coefficient (Wildman–Crippen LogP) is 2.28. The van der Waals surface area contributed by atoms with E-state index in [1.807, 2.05) is 0 Å². The van der Waals surface area contributed by atoms with Crippen LogP contribution in [0.3, 0.4) is 0 Å². The zero-order valence-electron chi connectivity index (χ0n) is 8.12. The molecule has 0 spiro atoms. The van der Waals surface area contributed by atoms with Gasteiger partial charge in [-0.2, -0.15) is 0 Å². The molecule has 5 heteroatoms. The van der Waals surface area contributed by atoms with Crippen LogP contribution in [-0.2, 0) is 9.84 Å². The molecule has 0 N–H and O–H groups in total. The highest BCUT2D eigenvalue weighted by Crippen LogP contribution is 2.65. The van der Waals surface area contributed by atoms with Crippen LogP contribution in [0, 0.1) is 10.8 Å². The molecule has 1 aliphatic heterocycles. The Morgan fingerprint density at radius 1 is 1.00 bits per heavy atom. The van der Waals surface area contributed by atoms with Crippen LogP contribution in [0.25, 0.3) is 0 Å². The first-order valence-electron chi connectivity index (χ1n) is 5.07. The van der Waals surface area contributed by atoms with Gasteiger partial charge in [0.15, 0.2) is 9.84 Å². The molecule has 0 aromatic rings. The third-order valence-electron chi connectivity index (χ3n) is 4.18. The lowest BCUT2D eigenvalue weighted by Gasteiger charge is -2.54. The Morgan fingerprint density at radius 3 is 1.73 bits per heavy atom. The van der Waals surface area contributed by atoms with Gasteiger partial charge < -0.3 is 0 Å². The van der Waals surface area contributed by atoms with Gasteiger partial charge in [0.2, 0.25) is 0 Å². The largest absolute Gasteiger partial charge is 0.229 e. The Bertz CT molecular complexity index is 410. The summed E-state index contributed by atoms with van der Waals surface area (Å²) >= 11 is 7.29. The Balaban J connectivity index is 2.06. The monoisotopic (exact) mass is 354 g/mol. The summed E-state index contributed by atoms with van der Waals surface area (Å²) in [6.45, 7) is 0. The minimum Gasteiger partial charge on any atom is -0.229 e. The molecule has 3 aliphatic rings. The van der Waals surface area contributed by atoms with Gasteiger partial charge in [-0.05, 0) is 12.8 Å². The van der Waals surface area contributed by atoms with Crippen LogP contribution in [0.5, 0.6) is 0 Å². The van der Waals surface area contributed by atoms with Gasteiger partial charge in [0.05, 0.1) is 11.5 Å². The number of rotatable bonds is 0. The molecular formula is C10H12Br2O2S. The van der Waals surface area contributed by atoms with E-state index in [0.29, 0.717) is 21.2 Å². The van der Waals surface area contributed by atoms with Crippen LogP contribution >= 0.6 is 31.9 Å². The molecule has 2 nitrogen and oxygen atoms in total. The van der Waals surface area contributed by atoms with Crippen molar-refractivity contribution in [3.63, 3.8) is 0 Å². The van der Waals surface area contributed by atoms with Crippen LogP contribution < -0.4 is 0 Å². The fraction of sp³-hybridized carbons (Fsp3) is 0.800. The molecule has 1 saturated heterocycles. The second kappa shape index (κ2) is 2.91. The lowest BCUT2D eigenvalue weighted by molar-refractivity contribution is 0.109. The Kier molecular flexibility index (Phi) is 2.09. The Morgan fingerprint density at radius 2 is 1.40 bits per heavy atom. The van der Waals surface area contributed by atoms with Gasteiger partial charge in [-0.15, -0.1) is 0 Å². The molecule has 0 bridgehead atoms. The maximum atomic E-state index is 11.8. The standard InChI is InChI=1S/C10H12Br2O2S/c11-7-3-9-1-2-10(9,4-8(7)12)6-15(13,14)5-9/h1-2,7-8H,3-6H2/t7-,8-,9-,10+/m0/s1. The highest BCUT2D eigenvalue weighted by atomic mass is 79.9. The SMILES string of the molecule is O=S1(=O)C[C@@]23C=C[C@@]2(C[C@H](Br)[C@@H](Br)C3)C1. The van der Waals surface area contributed by atoms with Crippen LogP contribution in [0.15, 0.2) is 12.2 Å². The van der Waals surface area contributed by atoms with E-state index in [2.05, 4.69) is 44.0 Å². The molecule has 84 valence electrons. The van der Waals surface area contributed by atoms with E-state index in [1.54, 1.807) is 0 Å². The lowest BCUT2D eigenvalue weighted by atomic mass is 9.51. The normalized spacial score (nSPS) is 55.6. The Hall–Kier alpha value is 0.650. The number of hydrogen-bond donors (Lipinski definition) is 0. The molecule has 1 saturated carbocycles. The summed E-state index contributed by atoms with van der Waals surface area (Å²) in [6, 6.07) is 0. The molecule has 0 radical (unpaired) electrons. The molecule has 15 heavy (non-hydrogen) atoms. The molecule has 1 heterocycles. The van der Waals surface area contributed by atoms with Crippen molar-refractivity contribution >= 4 is 41.7 Å². The third-order valence-corrected chi connectivity index (χ3v) is 8.72. The minimum absolute atomic E-state index is 0.0513. The summed E-state index contributed by atoms with van der Waals surface area (Å²) in [5.74, 6) is 0.719. The van der Waals surface area contributed by atoms with Crippen molar-refractivity contribution in [3.05, 3.63) is 12.2 Å². The number of hydrogen-bond acceptors (Lipinski definition) is 2. The van der Waals surface area contributed by atoms with E-state index in [9.17, 15) is 8.42 Å². The first-order chi connectivity index (χ1) is 6.88. The van der Waals surface area contributed by atoms with Crippen LogP contribution in [0.2, 0.25) is 0 Å². The van der Waals surface area contributed by atoms with Crippen LogP contribution in [0.4, 0.5) is 0 Å². The van der Waals surface area contributed by atoms with Crippen molar-refractivity contribution in [1.82, 2.24) is 0 Å². The van der Waals surface area contributed by atoms with Gasteiger partial charge >= 0.3 is 0 Å². The van der Waals surface area contributed by atoms with Gasteiger partial charge in [-0.25, -0.2) is 8.42 Å². The molecule has 4 atom stereocenters. The fourth-order valence-electron chi connectivity index (χ4n) is 3.39. The Labute approximate surface area is 107 Å². The summed E-state index contributed by atoms with van der Waals surface area (Å²) in [5, 5.41) is 0. The van der Waals surface area contributed by atoms with Crippen molar-refractivity contribution in [2.75, 3.05) is 11.5 Å². The van der Waals surface area contributed by atoms with Gasteiger partial charge in [0, 0.05) is 20.5 Å². The van der Waals surface area contributed by atoms with Crippen molar-refractivity contribution < 1.29 is 8.42 Å². The average Bonchev–Trinajstić information content (AvgIpc) is 2.25. The van der Waals surface area contributed by atoms with Gasteiger partial charge in [0.1, 0.15) is 0 Å². The molecule has 0 aromatic carbocycles. The molecule has 0 unspecified atom stereocenters. The fourth-order valence-corrected chi connectivity index (χ4v) is 7.59. The molecule has 2 aliphatic carbocycles. The summed E-state index contributed by atoms with van der Waals surface area (Å²) in [6.07, 6.45) is 6.15. The smallest absolute Gasteiger partial charge is 0.152 e. The van der Waals surface area contributed by atoms with E-state index in [-0.39, 0.29) is 10.8 Å². The summed E-state index contributed by atoms with van der Waals surface area (Å²) in [5.41, 5.74) is -0.103. The van der Waals surface area contributed by atoms with E-state index in [0.717, 1.165) is 12.8 Å². The second-order valence-corrected chi connectivity index (χ2v) is 9.53. The summed E-state index contributed by atoms with van der Waals surface area (Å²) in [7, 11) is -2.83. The zero-order valence-corrected chi connectivity index (χ0v) is 12.1. The zero-order chi connectivity index (χ0) is 10.9. The summed E-state index contributed by atoms with van der Waals surface area (Å²) in [4.78, 5) is 0.785. The lowest BCUT2D eigenvalue weighted by Crippen LogP contribution is -2.53. The maximum absolute atomic E-state index is 11.8. The van der Waals surface area contributed by atoms with Crippen molar-refractivity contribution in [2.45, 2.75) is 22.5 Å². The molecule has 0 amide bonds. The number of sulfone groups is 1. The van der Waals surface area contributed by atoms with E-state index >= 15 is 0 Å².